The standard InChI is InChI=1S/C23H24F4N4O3/c1-12(14-4-3-5-15(19(14)25)20(26)27)28-21-18(22-33-8-9-34-22)16(29-13(2)30-21)10-17(32)31-23(11-24)6-7-23/h3-5,8-9,12,20,22H,6-7,10-11H2,1-2H3,(H,31,32)(H,28,29,30)/t12-/m1/s1. The molecule has 11 heteroatoms. The van der Waals surface area contributed by atoms with E-state index < -0.39 is 48.3 Å². The second-order valence-electron chi connectivity index (χ2n) is 8.41. The van der Waals surface area contributed by atoms with Crippen molar-refractivity contribution in [1.29, 1.82) is 0 Å². The van der Waals surface area contributed by atoms with Gasteiger partial charge in [0, 0.05) is 5.56 Å². The molecule has 4 rings (SSSR count). The number of aryl methyl sites for hydroxylation is 1. The van der Waals surface area contributed by atoms with E-state index in [2.05, 4.69) is 20.6 Å². The third-order valence-electron chi connectivity index (χ3n) is 5.79. The van der Waals surface area contributed by atoms with Crippen LogP contribution in [0.25, 0.3) is 0 Å². The van der Waals surface area contributed by atoms with Gasteiger partial charge in [-0.2, -0.15) is 0 Å². The molecule has 0 unspecified atom stereocenters. The lowest BCUT2D eigenvalue weighted by Gasteiger charge is -2.23. The number of ether oxygens (including phenoxy) is 2. The van der Waals surface area contributed by atoms with Gasteiger partial charge in [-0.05, 0) is 26.7 Å². The maximum atomic E-state index is 14.7. The van der Waals surface area contributed by atoms with Gasteiger partial charge in [0.1, 0.15) is 36.7 Å². The predicted octanol–water partition coefficient (Wildman–Crippen LogP) is 4.71. The summed E-state index contributed by atoms with van der Waals surface area (Å²) in [6, 6.07) is 3.01. The summed E-state index contributed by atoms with van der Waals surface area (Å²) in [5.74, 6) is -0.929. The van der Waals surface area contributed by atoms with Crippen LogP contribution in [0.4, 0.5) is 23.4 Å². The number of amides is 1. The zero-order chi connectivity index (χ0) is 24.5. The van der Waals surface area contributed by atoms with Crippen LogP contribution < -0.4 is 10.6 Å². The number of carbonyl (C=O) groups excluding carboxylic acids is 1. The smallest absolute Gasteiger partial charge is 0.271 e. The molecule has 7 nitrogen and oxygen atoms in total. The normalized spacial score (nSPS) is 17.3. The van der Waals surface area contributed by atoms with Crippen LogP contribution in [0.2, 0.25) is 0 Å². The zero-order valence-electron chi connectivity index (χ0n) is 18.6. The Balaban J connectivity index is 1.65. The van der Waals surface area contributed by atoms with Gasteiger partial charge in [0.15, 0.2) is 0 Å². The fourth-order valence-corrected chi connectivity index (χ4v) is 3.80. The Labute approximate surface area is 193 Å². The molecule has 1 atom stereocenters. The first-order valence-corrected chi connectivity index (χ1v) is 10.8. The highest BCUT2D eigenvalue weighted by Crippen LogP contribution is 2.37. The van der Waals surface area contributed by atoms with Gasteiger partial charge in [-0.1, -0.05) is 18.2 Å². The molecule has 182 valence electrons. The summed E-state index contributed by atoms with van der Waals surface area (Å²) < 4.78 is 65.2. The van der Waals surface area contributed by atoms with Crippen LogP contribution in [0.5, 0.6) is 0 Å². The summed E-state index contributed by atoms with van der Waals surface area (Å²) in [7, 11) is 0. The van der Waals surface area contributed by atoms with E-state index in [1.807, 2.05) is 0 Å². The van der Waals surface area contributed by atoms with Crippen molar-refractivity contribution in [2.24, 2.45) is 0 Å². The molecule has 0 bridgehead atoms. The monoisotopic (exact) mass is 480 g/mol. The van der Waals surface area contributed by atoms with E-state index in [1.165, 1.54) is 24.7 Å². The lowest BCUT2D eigenvalue weighted by molar-refractivity contribution is -0.121. The summed E-state index contributed by atoms with van der Waals surface area (Å²) >= 11 is 0. The third kappa shape index (κ3) is 4.92. The van der Waals surface area contributed by atoms with E-state index in [0.29, 0.717) is 24.2 Å². The van der Waals surface area contributed by atoms with Gasteiger partial charge in [-0.3, -0.25) is 4.79 Å². The number of carbonyl (C=O) groups is 1. The number of aromatic nitrogens is 2. The summed E-state index contributed by atoms with van der Waals surface area (Å²) in [5, 5.41) is 5.72. The van der Waals surface area contributed by atoms with Crippen molar-refractivity contribution in [2.45, 2.75) is 57.4 Å². The molecule has 2 heterocycles. The molecule has 34 heavy (non-hydrogen) atoms. The van der Waals surface area contributed by atoms with Gasteiger partial charge >= 0.3 is 0 Å². The number of benzene rings is 1. The van der Waals surface area contributed by atoms with E-state index in [0.717, 1.165) is 6.07 Å². The largest absolute Gasteiger partial charge is 0.455 e. The van der Waals surface area contributed by atoms with Gasteiger partial charge < -0.3 is 20.1 Å². The quantitative estimate of drug-likeness (QED) is 0.506. The summed E-state index contributed by atoms with van der Waals surface area (Å²) in [6.45, 7) is 2.55. The van der Waals surface area contributed by atoms with Crippen molar-refractivity contribution >= 4 is 11.7 Å². The van der Waals surface area contributed by atoms with Crippen molar-refractivity contribution in [3.63, 3.8) is 0 Å². The van der Waals surface area contributed by atoms with E-state index in [9.17, 15) is 22.4 Å². The van der Waals surface area contributed by atoms with Gasteiger partial charge in [-0.25, -0.2) is 27.5 Å². The van der Waals surface area contributed by atoms with Crippen molar-refractivity contribution in [2.75, 3.05) is 12.0 Å². The first-order valence-electron chi connectivity index (χ1n) is 10.8. The Morgan fingerprint density at radius 1 is 1.21 bits per heavy atom. The number of hydrogen-bond donors (Lipinski definition) is 2. The van der Waals surface area contributed by atoms with Crippen molar-refractivity contribution in [3.8, 4) is 0 Å². The number of nitrogens with one attached hydrogen (secondary N) is 2. The van der Waals surface area contributed by atoms with Crippen LogP contribution in [0, 0.1) is 12.7 Å². The van der Waals surface area contributed by atoms with E-state index in [1.54, 1.807) is 13.8 Å². The molecule has 2 N–H and O–H groups in total. The molecule has 1 fully saturated rings. The second kappa shape index (κ2) is 9.47. The summed E-state index contributed by atoms with van der Waals surface area (Å²) in [4.78, 5) is 21.4. The minimum Gasteiger partial charge on any atom is -0.455 e. The lowest BCUT2D eigenvalue weighted by atomic mass is 10.0. The van der Waals surface area contributed by atoms with Crippen LogP contribution in [0.3, 0.4) is 0 Å². The Morgan fingerprint density at radius 2 is 1.88 bits per heavy atom. The topological polar surface area (TPSA) is 85.4 Å². The zero-order valence-corrected chi connectivity index (χ0v) is 18.6. The SMILES string of the molecule is Cc1nc(CC(=O)NC2(CF)CC2)c(C2OC=CO2)c(N[C@H](C)c2cccc(C(F)F)c2F)n1. The predicted molar refractivity (Wildman–Crippen MR) is 114 cm³/mol. The van der Waals surface area contributed by atoms with Gasteiger partial charge in [0.25, 0.3) is 12.7 Å². The summed E-state index contributed by atoms with van der Waals surface area (Å²) in [6.07, 6.45) is -0.368. The molecule has 1 aromatic heterocycles. The minimum absolute atomic E-state index is 0.0179. The van der Waals surface area contributed by atoms with Gasteiger partial charge in [-0.15, -0.1) is 0 Å². The Hall–Kier alpha value is -3.37. The molecule has 1 saturated carbocycles. The fourth-order valence-electron chi connectivity index (χ4n) is 3.80. The second-order valence-corrected chi connectivity index (χ2v) is 8.41. The first-order chi connectivity index (χ1) is 16.2. The Bertz CT molecular complexity index is 1100. The maximum absolute atomic E-state index is 14.7. The minimum atomic E-state index is -2.96. The molecule has 1 aliphatic carbocycles. The maximum Gasteiger partial charge on any atom is 0.271 e. The molecule has 1 aliphatic heterocycles. The molecule has 0 saturated heterocycles. The highest BCUT2D eigenvalue weighted by Gasteiger charge is 2.44. The number of hydrogen-bond acceptors (Lipinski definition) is 6. The van der Waals surface area contributed by atoms with Crippen molar-refractivity contribution in [3.05, 3.63) is 64.7 Å². The van der Waals surface area contributed by atoms with Gasteiger partial charge in [0.2, 0.25) is 5.91 Å². The van der Waals surface area contributed by atoms with Crippen LogP contribution >= 0.6 is 0 Å². The number of anilines is 1. The molecule has 0 radical (unpaired) electrons. The molecule has 0 spiro atoms. The summed E-state index contributed by atoms with van der Waals surface area (Å²) in [5.41, 5.74) is -0.914. The van der Waals surface area contributed by atoms with Crippen LogP contribution in [-0.2, 0) is 20.7 Å². The Morgan fingerprint density at radius 3 is 2.50 bits per heavy atom. The number of rotatable bonds is 9. The lowest BCUT2D eigenvalue weighted by Crippen LogP contribution is -2.39. The first kappa shape index (κ1) is 23.8. The molecule has 1 amide bonds. The molecule has 1 aromatic carbocycles. The average molecular weight is 480 g/mol. The number of alkyl halides is 3. The molecule has 2 aromatic rings. The highest BCUT2D eigenvalue weighted by atomic mass is 19.3. The molecule has 2 aliphatic rings. The Kier molecular flexibility index (Phi) is 6.63. The number of nitrogens with zero attached hydrogens (tertiary/aromatic N) is 2. The van der Waals surface area contributed by atoms with Crippen molar-refractivity contribution < 1.29 is 31.8 Å². The van der Waals surface area contributed by atoms with Crippen LogP contribution in [-0.4, -0.2) is 28.1 Å². The van der Waals surface area contributed by atoms with Gasteiger partial charge in [0.05, 0.1) is 34.8 Å². The third-order valence-corrected chi connectivity index (χ3v) is 5.79. The number of halogens is 4. The molecular weight excluding hydrogens is 456 g/mol. The van der Waals surface area contributed by atoms with Crippen molar-refractivity contribution in [1.82, 2.24) is 15.3 Å². The van der Waals surface area contributed by atoms with E-state index in [-0.39, 0.29) is 23.5 Å². The molecular formula is C23H24F4N4O3. The fraction of sp³-hybridized carbons (Fsp3) is 0.435. The highest BCUT2D eigenvalue weighted by molar-refractivity contribution is 5.80. The van der Waals surface area contributed by atoms with Crippen LogP contribution in [0.1, 0.15) is 66.7 Å². The van der Waals surface area contributed by atoms with E-state index >= 15 is 0 Å². The average Bonchev–Trinajstić information content (AvgIpc) is 3.33. The van der Waals surface area contributed by atoms with E-state index in [4.69, 9.17) is 9.47 Å². The van der Waals surface area contributed by atoms with Crippen LogP contribution in [0.15, 0.2) is 30.7 Å².